The van der Waals surface area contributed by atoms with E-state index in [0.717, 1.165) is 0 Å². The summed E-state index contributed by atoms with van der Waals surface area (Å²) in [5.41, 5.74) is 0.0879. The molecule has 0 aromatic heterocycles. The highest BCUT2D eigenvalue weighted by atomic mass is 32.2. The fourth-order valence-electron chi connectivity index (χ4n) is 1.79. The minimum absolute atomic E-state index is 0.0121. The van der Waals surface area contributed by atoms with Crippen molar-refractivity contribution in [3.8, 4) is 0 Å². The summed E-state index contributed by atoms with van der Waals surface area (Å²) in [6.45, 7) is 0. The second-order valence-electron chi connectivity index (χ2n) is 4.22. The van der Waals surface area contributed by atoms with Crippen molar-refractivity contribution in [1.82, 2.24) is 0 Å². The van der Waals surface area contributed by atoms with Crippen molar-refractivity contribution in [3.63, 3.8) is 0 Å². The van der Waals surface area contributed by atoms with E-state index in [-0.39, 0.29) is 17.0 Å². The van der Waals surface area contributed by atoms with E-state index in [1.807, 2.05) is 0 Å². The second kappa shape index (κ2) is 4.93. The molecule has 0 aliphatic carbocycles. The van der Waals surface area contributed by atoms with E-state index in [9.17, 15) is 23.3 Å². The molecule has 8 nitrogen and oxygen atoms in total. The lowest BCUT2D eigenvalue weighted by Crippen LogP contribution is -2.08. The van der Waals surface area contributed by atoms with Gasteiger partial charge in [0.15, 0.2) is 9.84 Å². The number of nitro groups is 1. The molecular weight excluding hydrogens is 288 g/mol. The molecule has 0 atom stereocenters. The molecule has 0 radical (unpaired) electrons. The molecule has 1 heterocycles. The van der Waals surface area contributed by atoms with Gasteiger partial charge in [0.1, 0.15) is 11.4 Å². The van der Waals surface area contributed by atoms with Crippen molar-refractivity contribution < 1.29 is 23.2 Å². The van der Waals surface area contributed by atoms with Gasteiger partial charge in [-0.3, -0.25) is 10.1 Å². The minimum Gasteiger partial charge on any atom is -0.478 e. The van der Waals surface area contributed by atoms with E-state index in [1.165, 1.54) is 24.3 Å². The zero-order valence-corrected chi connectivity index (χ0v) is 10.9. The molecule has 0 spiro atoms. The first-order valence-corrected chi connectivity index (χ1v) is 7.28. The van der Waals surface area contributed by atoms with Crippen LogP contribution in [0.4, 0.5) is 5.69 Å². The van der Waals surface area contributed by atoms with Crippen LogP contribution < -0.4 is 5.32 Å². The zero-order valence-electron chi connectivity index (χ0n) is 10.1. The molecule has 20 heavy (non-hydrogen) atoms. The number of sulfone groups is 1. The maximum absolute atomic E-state index is 11.4. The van der Waals surface area contributed by atoms with Gasteiger partial charge in [0.2, 0.25) is 0 Å². The number of hydrogen-bond acceptors (Lipinski definition) is 6. The number of benzene rings is 1. The van der Waals surface area contributed by atoms with Gasteiger partial charge in [0, 0.05) is 5.69 Å². The fourth-order valence-corrected chi connectivity index (χ4v) is 3.27. The molecular formula is C11H10N2O6S. The van der Waals surface area contributed by atoms with Gasteiger partial charge in [-0.2, -0.15) is 0 Å². The minimum atomic E-state index is -3.50. The average molecular weight is 298 g/mol. The van der Waals surface area contributed by atoms with E-state index in [4.69, 9.17) is 5.11 Å². The fraction of sp³-hybridized carbons (Fsp3) is 0.182. The number of hydrogen-bond donors (Lipinski definition) is 2. The number of anilines is 1. The average Bonchev–Trinajstić information content (AvgIpc) is 2.65. The Kier molecular flexibility index (Phi) is 3.45. The zero-order chi connectivity index (χ0) is 14.9. The Morgan fingerprint density at radius 2 is 1.85 bits per heavy atom. The van der Waals surface area contributed by atoms with E-state index >= 15 is 0 Å². The molecule has 0 unspecified atom stereocenters. The summed E-state index contributed by atoms with van der Waals surface area (Å²) >= 11 is 0. The maximum atomic E-state index is 11.4. The molecule has 106 valence electrons. The molecule has 0 saturated carbocycles. The van der Waals surface area contributed by atoms with E-state index in [0.29, 0.717) is 5.69 Å². The SMILES string of the molecule is O=C(O)c1ccc(NC2=C([N+](=O)[O-])CS(=O)(=O)C2)cc1. The van der Waals surface area contributed by atoms with E-state index in [1.54, 1.807) is 0 Å². The van der Waals surface area contributed by atoms with Gasteiger partial charge in [-0.15, -0.1) is 0 Å². The predicted octanol–water partition coefficient (Wildman–Crippen LogP) is 0.713. The van der Waals surface area contributed by atoms with Crippen LogP contribution in [0, 0.1) is 10.1 Å². The molecule has 1 aromatic carbocycles. The maximum Gasteiger partial charge on any atom is 0.335 e. The number of carboxylic acids is 1. The predicted molar refractivity (Wildman–Crippen MR) is 69.7 cm³/mol. The molecule has 1 aromatic rings. The van der Waals surface area contributed by atoms with Crippen LogP contribution in [0.25, 0.3) is 0 Å². The lowest BCUT2D eigenvalue weighted by atomic mass is 10.2. The summed E-state index contributed by atoms with van der Waals surface area (Å²) in [6, 6.07) is 5.47. The first kappa shape index (κ1) is 14.0. The van der Waals surface area contributed by atoms with Crippen LogP contribution in [0.1, 0.15) is 10.4 Å². The number of aromatic carboxylic acids is 1. The number of carbonyl (C=O) groups is 1. The van der Waals surface area contributed by atoms with Gasteiger partial charge in [0.05, 0.1) is 16.2 Å². The van der Waals surface area contributed by atoms with E-state index in [2.05, 4.69) is 5.32 Å². The third-order valence-electron chi connectivity index (χ3n) is 2.72. The van der Waals surface area contributed by atoms with Crippen LogP contribution in [0.5, 0.6) is 0 Å². The summed E-state index contributed by atoms with van der Waals surface area (Å²) in [7, 11) is -3.50. The van der Waals surface area contributed by atoms with Gasteiger partial charge in [-0.1, -0.05) is 0 Å². The third kappa shape index (κ3) is 2.94. The van der Waals surface area contributed by atoms with Crippen LogP contribution in [-0.4, -0.2) is 35.9 Å². The van der Waals surface area contributed by atoms with Gasteiger partial charge < -0.3 is 10.4 Å². The molecule has 0 fully saturated rings. The normalized spacial score (nSPS) is 17.0. The Labute approximate surface area is 113 Å². The number of rotatable bonds is 4. The van der Waals surface area contributed by atoms with Crippen molar-refractivity contribution in [1.29, 1.82) is 0 Å². The molecule has 1 aliphatic heterocycles. The molecule has 0 bridgehead atoms. The summed E-state index contributed by atoms with van der Waals surface area (Å²) in [5.74, 6) is -2.12. The van der Waals surface area contributed by atoms with Crippen LogP contribution in [0.15, 0.2) is 35.7 Å². The summed E-state index contributed by atoms with van der Waals surface area (Å²) in [5, 5.41) is 22.2. The van der Waals surface area contributed by atoms with Crippen LogP contribution in [0.3, 0.4) is 0 Å². The van der Waals surface area contributed by atoms with E-state index < -0.39 is 32.2 Å². The van der Waals surface area contributed by atoms with Crippen LogP contribution in [-0.2, 0) is 9.84 Å². The summed E-state index contributed by atoms with van der Waals surface area (Å²) in [4.78, 5) is 20.8. The highest BCUT2D eigenvalue weighted by Crippen LogP contribution is 2.22. The Morgan fingerprint density at radius 1 is 1.25 bits per heavy atom. The number of nitrogens with one attached hydrogen (secondary N) is 1. The largest absolute Gasteiger partial charge is 0.478 e. The van der Waals surface area contributed by atoms with Gasteiger partial charge in [-0.25, -0.2) is 13.2 Å². The molecule has 1 aliphatic rings. The van der Waals surface area contributed by atoms with Crippen molar-refractivity contribution in [2.24, 2.45) is 0 Å². The Bertz CT molecular complexity index is 705. The van der Waals surface area contributed by atoms with Crippen molar-refractivity contribution in [2.45, 2.75) is 0 Å². The van der Waals surface area contributed by atoms with Crippen molar-refractivity contribution >= 4 is 21.5 Å². The lowest BCUT2D eigenvalue weighted by Gasteiger charge is -2.06. The van der Waals surface area contributed by atoms with Gasteiger partial charge >= 0.3 is 5.97 Å². The highest BCUT2D eigenvalue weighted by Gasteiger charge is 2.35. The van der Waals surface area contributed by atoms with Crippen LogP contribution in [0.2, 0.25) is 0 Å². The molecule has 2 rings (SSSR count). The smallest absolute Gasteiger partial charge is 0.335 e. The molecule has 0 saturated heterocycles. The Balaban J connectivity index is 2.26. The first-order chi connectivity index (χ1) is 9.28. The monoisotopic (exact) mass is 298 g/mol. The van der Waals surface area contributed by atoms with Crippen LogP contribution >= 0.6 is 0 Å². The molecule has 9 heteroatoms. The topological polar surface area (TPSA) is 127 Å². The van der Waals surface area contributed by atoms with Crippen molar-refractivity contribution in [3.05, 3.63) is 51.3 Å². The summed E-state index contributed by atoms with van der Waals surface area (Å²) < 4.78 is 22.9. The number of nitrogens with zero attached hydrogens (tertiary/aromatic N) is 1. The van der Waals surface area contributed by atoms with Gasteiger partial charge in [-0.05, 0) is 24.3 Å². The Hall–Kier alpha value is -2.42. The van der Waals surface area contributed by atoms with Crippen molar-refractivity contribution in [2.75, 3.05) is 16.8 Å². The summed E-state index contributed by atoms with van der Waals surface area (Å²) in [6.07, 6.45) is 0. The molecule has 2 N–H and O–H groups in total. The standard InChI is InChI=1S/C11H10N2O6S/c14-11(15)7-1-3-8(4-2-7)12-9-5-20(18,19)6-10(9)13(16)17/h1-4,12H,5-6H2,(H,14,15). The second-order valence-corrected chi connectivity index (χ2v) is 6.29. The lowest BCUT2D eigenvalue weighted by molar-refractivity contribution is -0.424. The highest BCUT2D eigenvalue weighted by molar-refractivity contribution is 7.92. The first-order valence-electron chi connectivity index (χ1n) is 5.46. The Morgan fingerprint density at radius 3 is 2.35 bits per heavy atom. The van der Waals surface area contributed by atoms with Gasteiger partial charge in [0.25, 0.3) is 5.70 Å². The third-order valence-corrected chi connectivity index (χ3v) is 4.16. The quantitative estimate of drug-likeness (QED) is 0.619. The molecule has 0 amide bonds. The number of carboxylic acid groups (broad SMARTS) is 1.